The summed E-state index contributed by atoms with van der Waals surface area (Å²) in [5.74, 6) is 0.0733. The molecule has 2 aromatic rings. The molecule has 0 bridgehead atoms. The Labute approximate surface area is 132 Å². The Bertz CT molecular complexity index is 739. The topological polar surface area (TPSA) is 84.4 Å². The van der Waals surface area contributed by atoms with Gasteiger partial charge in [-0.25, -0.2) is 4.79 Å². The lowest BCUT2D eigenvalue weighted by Crippen LogP contribution is -2.26. The van der Waals surface area contributed by atoms with Gasteiger partial charge in [0.15, 0.2) is 11.5 Å². The number of fused-ring (bicyclic) bond motifs is 1. The van der Waals surface area contributed by atoms with E-state index in [1.807, 2.05) is 13.8 Å². The van der Waals surface area contributed by atoms with Crippen molar-refractivity contribution in [1.82, 2.24) is 10.2 Å². The van der Waals surface area contributed by atoms with Crippen LogP contribution in [0.5, 0.6) is 11.5 Å². The van der Waals surface area contributed by atoms with Crippen molar-refractivity contribution in [3.63, 3.8) is 0 Å². The molecule has 0 saturated heterocycles. The van der Waals surface area contributed by atoms with E-state index in [1.54, 1.807) is 12.1 Å². The third kappa shape index (κ3) is 2.74. The largest absolute Gasteiger partial charge is 0.489 e. The number of carboxylic acids is 1. The van der Waals surface area contributed by atoms with Gasteiger partial charge in [-0.05, 0) is 12.1 Å². The van der Waals surface area contributed by atoms with E-state index in [4.69, 9.17) is 26.2 Å². The third-order valence-electron chi connectivity index (χ3n) is 3.35. The molecule has 116 valence electrons. The zero-order chi connectivity index (χ0) is 15.9. The van der Waals surface area contributed by atoms with Gasteiger partial charge in [0.05, 0.1) is 23.9 Å². The first kappa shape index (κ1) is 14.7. The highest BCUT2D eigenvalue weighted by molar-refractivity contribution is 6.33. The molecule has 2 N–H and O–H groups in total. The lowest BCUT2D eigenvalue weighted by molar-refractivity contribution is 0.0690. The second kappa shape index (κ2) is 5.21. The predicted molar refractivity (Wildman–Crippen MR) is 80.8 cm³/mol. The molecule has 7 heteroatoms. The van der Waals surface area contributed by atoms with Crippen LogP contribution in [0.1, 0.15) is 24.3 Å². The van der Waals surface area contributed by atoms with E-state index in [2.05, 4.69) is 10.2 Å². The molecule has 0 atom stereocenters. The van der Waals surface area contributed by atoms with Gasteiger partial charge in [0.2, 0.25) is 0 Å². The number of carbonyl (C=O) groups is 1. The Morgan fingerprint density at radius 1 is 1.27 bits per heavy atom. The van der Waals surface area contributed by atoms with E-state index in [-0.39, 0.29) is 11.1 Å². The molecule has 0 saturated carbocycles. The molecule has 0 radical (unpaired) electrons. The fraction of sp³-hybridized carbons (Fsp3) is 0.333. The highest BCUT2D eigenvalue weighted by Gasteiger charge is 2.26. The highest BCUT2D eigenvalue weighted by atomic mass is 35.5. The molecular weight excluding hydrogens is 308 g/mol. The zero-order valence-electron chi connectivity index (χ0n) is 12.1. The fourth-order valence-electron chi connectivity index (χ4n) is 2.11. The number of ether oxygens (including phenoxy) is 2. The summed E-state index contributed by atoms with van der Waals surface area (Å²) in [6, 6.07) is 4.82. The average Bonchev–Trinajstić information content (AvgIpc) is 2.88. The number of hydrogen-bond donors (Lipinski definition) is 2. The van der Waals surface area contributed by atoms with E-state index < -0.39 is 5.97 Å². The van der Waals surface area contributed by atoms with Crippen molar-refractivity contribution >= 4 is 17.6 Å². The van der Waals surface area contributed by atoms with Crippen LogP contribution in [0.4, 0.5) is 0 Å². The standard InChI is InChI=1S/C15H15ClN2O4/c1-15(2)6-21-12-3-8(9(16)4-13(12)22-7-15)10-5-11(14(19)20)18-17-10/h3-5H,6-7H2,1-2H3,(H,17,18)(H,19,20). The summed E-state index contributed by atoms with van der Waals surface area (Å²) in [5, 5.41) is 15.8. The fourth-order valence-corrected chi connectivity index (χ4v) is 2.36. The summed E-state index contributed by atoms with van der Waals surface area (Å²) in [5.41, 5.74) is 0.929. The van der Waals surface area contributed by atoms with Crippen molar-refractivity contribution < 1.29 is 19.4 Å². The SMILES string of the molecule is CC1(C)COc2cc(Cl)c(-c3cc(C(=O)O)[nH]n3)cc2OC1. The molecule has 1 aromatic heterocycles. The number of hydrogen-bond acceptors (Lipinski definition) is 4. The Kier molecular flexibility index (Phi) is 3.48. The van der Waals surface area contributed by atoms with Crippen molar-refractivity contribution in [3.8, 4) is 22.8 Å². The molecule has 22 heavy (non-hydrogen) atoms. The maximum absolute atomic E-state index is 10.9. The smallest absolute Gasteiger partial charge is 0.353 e. The molecule has 2 heterocycles. The molecule has 0 spiro atoms. The third-order valence-corrected chi connectivity index (χ3v) is 3.67. The summed E-state index contributed by atoms with van der Waals surface area (Å²) < 4.78 is 11.5. The molecule has 1 aliphatic rings. The molecule has 0 aliphatic carbocycles. The van der Waals surface area contributed by atoms with Gasteiger partial charge in [-0.15, -0.1) is 0 Å². The first-order valence-electron chi connectivity index (χ1n) is 6.74. The summed E-state index contributed by atoms with van der Waals surface area (Å²) >= 11 is 6.27. The van der Waals surface area contributed by atoms with Crippen molar-refractivity contribution in [2.45, 2.75) is 13.8 Å². The molecule has 3 rings (SSSR count). The van der Waals surface area contributed by atoms with Crippen LogP contribution in [0.25, 0.3) is 11.3 Å². The van der Waals surface area contributed by atoms with Crippen LogP contribution >= 0.6 is 11.6 Å². The van der Waals surface area contributed by atoms with Crippen LogP contribution < -0.4 is 9.47 Å². The predicted octanol–water partition coefficient (Wildman–Crippen LogP) is 3.23. The van der Waals surface area contributed by atoms with Crippen LogP contribution in [0.3, 0.4) is 0 Å². The minimum atomic E-state index is -1.08. The maximum Gasteiger partial charge on any atom is 0.353 e. The van der Waals surface area contributed by atoms with Crippen LogP contribution in [-0.4, -0.2) is 34.5 Å². The lowest BCUT2D eigenvalue weighted by atomic mass is 9.97. The first-order chi connectivity index (χ1) is 10.4. The summed E-state index contributed by atoms with van der Waals surface area (Å²) in [7, 11) is 0. The van der Waals surface area contributed by atoms with Gasteiger partial charge in [0.1, 0.15) is 5.69 Å². The van der Waals surface area contributed by atoms with Crippen molar-refractivity contribution in [2.24, 2.45) is 5.41 Å². The van der Waals surface area contributed by atoms with Crippen LogP contribution in [-0.2, 0) is 0 Å². The molecular formula is C15H15ClN2O4. The number of nitrogens with one attached hydrogen (secondary N) is 1. The number of rotatable bonds is 2. The average molecular weight is 323 g/mol. The van der Waals surface area contributed by atoms with Crippen molar-refractivity contribution in [2.75, 3.05) is 13.2 Å². The van der Waals surface area contributed by atoms with Crippen molar-refractivity contribution in [3.05, 3.63) is 28.9 Å². The minimum absolute atomic E-state index is 0.000638. The van der Waals surface area contributed by atoms with E-state index >= 15 is 0 Å². The first-order valence-corrected chi connectivity index (χ1v) is 7.12. The van der Waals surface area contributed by atoms with Gasteiger partial charge in [-0.3, -0.25) is 5.10 Å². The van der Waals surface area contributed by atoms with E-state index in [9.17, 15) is 4.79 Å². The number of carboxylic acid groups (broad SMARTS) is 1. The quantitative estimate of drug-likeness (QED) is 0.886. The maximum atomic E-state index is 10.9. The van der Waals surface area contributed by atoms with E-state index in [1.165, 1.54) is 6.07 Å². The molecule has 0 unspecified atom stereocenters. The molecule has 1 aromatic carbocycles. The number of H-pyrrole nitrogens is 1. The second-order valence-corrected chi connectivity index (χ2v) is 6.40. The Morgan fingerprint density at radius 3 is 2.50 bits per heavy atom. The second-order valence-electron chi connectivity index (χ2n) is 5.99. The van der Waals surface area contributed by atoms with Gasteiger partial charge < -0.3 is 14.6 Å². The summed E-state index contributed by atoms with van der Waals surface area (Å²) in [6.45, 7) is 5.14. The van der Waals surface area contributed by atoms with Gasteiger partial charge in [-0.2, -0.15) is 5.10 Å². The Hall–Kier alpha value is -2.21. The van der Waals surface area contributed by atoms with Gasteiger partial charge in [0, 0.05) is 17.0 Å². The summed E-state index contributed by atoms with van der Waals surface area (Å²) in [4.78, 5) is 10.9. The van der Waals surface area contributed by atoms with E-state index in [0.29, 0.717) is 41.0 Å². The number of aromatic nitrogens is 2. The Balaban J connectivity index is 2.00. The van der Waals surface area contributed by atoms with E-state index in [0.717, 1.165) is 0 Å². The van der Waals surface area contributed by atoms with Crippen LogP contribution in [0.15, 0.2) is 18.2 Å². The van der Waals surface area contributed by atoms with Crippen LogP contribution in [0, 0.1) is 5.41 Å². The summed E-state index contributed by atoms with van der Waals surface area (Å²) in [6.07, 6.45) is 0. The van der Waals surface area contributed by atoms with Gasteiger partial charge >= 0.3 is 5.97 Å². The zero-order valence-corrected chi connectivity index (χ0v) is 12.9. The monoisotopic (exact) mass is 322 g/mol. The minimum Gasteiger partial charge on any atom is -0.489 e. The number of halogens is 1. The van der Waals surface area contributed by atoms with Crippen molar-refractivity contribution in [1.29, 1.82) is 0 Å². The number of benzene rings is 1. The molecule has 1 aliphatic heterocycles. The Morgan fingerprint density at radius 2 is 1.91 bits per heavy atom. The molecule has 6 nitrogen and oxygen atoms in total. The number of aromatic carboxylic acids is 1. The highest BCUT2D eigenvalue weighted by Crippen LogP contribution is 2.40. The normalized spacial score (nSPS) is 16.1. The number of nitrogens with zero attached hydrogens (tertiary/aromatic N) is 1. The lowest BCUT2D eigenvalue weighted by Gasteiger charge is -2.19. The van der Waals surface area contributed by atoms with Crippen LogP contribution in [0.2, 0.25) is 5.02 Å². The number of aromatic amines is 1. The van der Waals surface area contributed by atoms with Gasteiger partial charge in [-0.1, -0.05) is 25.4 Å². The van der Waals surface area contributed by atoms with Gasteiger partial charge in [0.25, 0.3) is 0 Å². The molecule has 0 amide bonds. The molecule has 0 fully saturated rings.